The van der Waals surface area contributed by atoms with E-state index in [-0.39, 0.29) is 6.09 Å². The van der Waals surface area contributed by atoms with Gasteiger partial charge in [0.2, 0.25) is 0 Å². The fourth-order valence-electron chi connectivity index (χ4n) is 3.06. The summed E-state index contributed by atoms with van der Waals surface area (Å²) in [6.07, 6.45) is 2.50. The number of benzene rings is 1. The van der Waals surface area contributed by atoms with Gasteiger partial charge in [0.05, 0.1) is 0 Å². The molecule has 1 amide bonds. The maximum atomic E-state index is 12.2. The molecule has 4 heteroatoms. The fraction of sp³-hybridized carbons (Fsp3) is 0.632. The molecule has 1 atom stereocenters. The first-order valence-electron chi connectivity index (χ1n) is 8.64. The highest BCUT2D eigenvalue weighted by Crippen LogP contribution is 2.32. The zero-order valence-corrected chi connectivity index (χ0v) is 14.7. The Labute approximate surface area is 139 Å². The lowest BCUT2D eigenvalue weighted by atomic mass is 10.1. The van der Waals surface area contributed by atoms with Gasteiger partial charge in [0.1, 0.15) is 5.60 Å². The molecule has 0 radical (unpaired) electrons. The molecule has 0 spiro atoms. The van der Waals surface area contributed by atoms with Gasteiger partial charge in [-0.15, -0.1) is 0 Å². The van der Waals surface area contributed by atoms with E-state index in [4.69, 9.17) is 4.74 Å². The van der Waals surface area contributed by atoms with Crippen LogP contribution in [0.2, 0.25) is 0 Å². The average molecular weight is 316 g/mol. The van der Waals surface area contributed by atoms with Gasteiger partial charge in [0.15, 0.2) is 0 Å². The number of nitrogens with one attached hydrogen (secondary N) is 1. The largest absolute Gasteiger partial charge is 0.444 e. The van der Waals surface area contributed by atoms with Crippen molar-refractivity contribution in [3.8, 4) is 0 Å². The number of rotatable bonds is 4. The normalized spacial score (nSPS) is 18.7. The Balaban J connectivity index is 1.58. The molecular weight excluding hydrogens is 288 g/mol. The average Bonchev–Trinajstić information content (AvgIpc) is 3.22. The molecule has 1 heterocycles. The van der Waals surface area contributed by atoms with Crippen LogP contribution in [-0.4, -0.2) is 22.6 Å². The maximum absolute atomic E-state index is 12.2. The van der Waals surface area contributed by atoms with Crippen LogP contribution < -0.4 is 5.32 Å². The standard InChI is InChI=1S/C19H28N2O2/c1-13(15-7-8-15)20-10-14-5-6-16-11-21(12-17(16)9-14)18(22)23-19(2,3)4/h5-6,9,13,15,20H,7-8,10-12H2,1-4H3. The molecule has 1 aromatic rings. The van der Waals surface area contributed by atoms with E-state index in [2.05, 4.69) is 30.4 Å². The lowest BCUT2D eigenvalue weighted by Crippen LogP contribution is -2.33. The molecule has 1 N–H and O–H groups in total. The first-order chi connectivity index (χ1) is 10.8. The van der Waals surface area contributed by atoms with Gasteiger partial charge in [0, 0.05) is 25.7 Å². The zero-order valence-electron chi connectivity index (χ0n) is 14.7. The van der Waals surface area contributed by atoms with E-state index in [1.165, 1.54) is 29.5 Å². The number of nitrogens with zero attached hydrogens (tertiary/aromatic N) is 1. The zero-order chi connectivity index (χ0) is 16.6. The summed E-state index contributed by atoms with van der Waals surface area (Å²) in [7, 11) is 0. The van der Waals surface area contributed by atoms with E-state index in [1.807, 2.05) is 20.8 Å². The van der Waals surface area contributed by atoms with Gasteiger partial charge >= 0.3 is 6.09 Å². The highest BCUT2D eigenvalue weighted by atomic mass is 16.6. The van der Waals surface area contributed by atoms with Crippen molar-refractivity contribution in [3.05, 3.63) is 34.9 Å². The van der Waals surface area contributed by atoms with E-state index in [0.717, 1.165) is 12.5 Å². The Morgan fingerprint density at radius 2 is 2.00 bits per heavy atom. The lowest BCUT2D eigenvalue weighted by molar-refractivity contribution is 0.0242. The van der Waals surface area contributed by atoms with Crippen molar-refractivity contribution in [2.24, 2.45) is 5.92 Å². The van der Waals surface area contributed by atoms with E-state index in [0.29, 0.717) is 19.1 Å². The number of carbonyl (C=O) groups is 1. The molecule has 1 unspecified atom stereocenters. The summed E-state index contributed by atoms with van der Waals surface area (Å²) in [5, 5.41) is 3.61. The molecule has 126 valence electrons. The minimum absolute atomic E-state index is 0.226. The Kier molecular flexibility index (Phi) is 4.37. The maximum Gasteiger partial charge on any atom is 0.410 e. The third kappa shape index (κ3) is 4.25. The second-order valence-corrected chi connectivity index (χ2v) is 7.95. The van der Waals surface area contributed by atoms with Crippen molar-refractivity contribution in [2.75, 3.05) is 0 Å². The molecule has 1 fully saturated rings. The molecule has 1 saturated carbocycles. The molecule has 1 aliphatic heterocycles. The monoisotopic (exact) mass is 316 g/mol. The first-order valence-corrected chi connectivity index (χ1v) is 8.64. The van der Waals surface area contributed by atoms with Gasteiger partial charge < -0.3 is 10.1 Å². The molecule has 3 rings (SSSR count). The SMILES string of the molecule is CC(NCc1ccc2c(c1)CN(C(=O)OC(C)(C)C)C2)C1CC1. The van der Waals surface area contributed by atoms with Crippen LogP contribution in [0.25, 0.3) is 0 Å². The van der Waals surface area contributed by atoms with Gasteiger partial charge in [-0.2, -0.15) is 0 Å². The smallest absolute Gasteiger partial charge is 0.410 e. The van der Waals surface area contributed by atoms with Crippen LogP contribution in [0, 0.1) is 5.92 Å². The van der Waals surface area contributed by atoms with Crippen LogP contribution in [0.1, 0.15) is 57.2 Å². The summed E-state index contributed by atoms with van der Waals surface area (Å²) in [6.45, 7) is 10.2. The molecule has 4 nitrogen and oxygen atoms in total. The van der Waals surface area contributed by atoms with Crippen LogP contribution >= 0.6 is 0 Å². The lowest BCUT2D eigenvalue weighted by Gasteiger charge is -2.24. The van der Waals surface area contributed by atoms with Gasteiger partial charge in [-0.3, -0.25) is 4.90 Å². The van der Waals surface area contributed by atoms with Crippen LogP contribution in [0.4, 0.5) is 4.79 Å². The van der Waals surface area contributed by atoms with Crippen LogP contribution in [-0.2, 0) is 24.4 Å². The van der Waals surface area contributed by atoms with Crippen LogP contribution in [0.15, 0.2) is 18.2 Å². The molecule has 0 saturated heterocycles. The van der Waals surface area contributed by atoms with Crippen LogP contribution in [0.5, 0.6) is 0 Å². The second kappa shape index (κ2) is 6.16. The fourth-order valence-corrected chi connectivity index (χ4v) is 3.06. The Hall–Kier alpha value is -1.55. The Bertz CT molecular complexity index is 588. The van der Waals surface area contributed by atoms with Crippen molar-refractivity contribution in [3.63, 3.8) is 0 Å². The molecule has 1 aromatic carbocycles. The first kappa shape index (κ1) is 16.3. The molecule has 23 heavy (non-hydrogen) atoms. The van der Waals surface area contributed by atoms with Gasteiger partial charge in [-0.25, -0.2) is 4.79 Å². The van der Waals surface area contributed by atoms with E-state index >= 15 is 0 Å². The predicted octanol–water partition coefficient (Wildman–Crippen LogP) is 3.83. The predicted molar refractivity (Wildman–Crippen MR) is 90.9 cm³/mol. The van der Waals surface area contributed by atoms with Gasteiger partial charge in [-0.05, 0) is 63.1 Å². The van der Waals surface area contributed by atoms with Crippen molar-refractivity contribution in [1.82, 2.24) is 10.2 Å². The summed E-state index contributed by atoms with van der Waals surface area (Å²) < 4.78 is 5.47. The third-order valence-electron chi connectivity index (χ3n) is 4.60. The van der Waals surface area contributed by atoms with E-state index < -0.39 is 5.60 Å². The number of fused-ring (bicyclic) bond motifs is 1. The van der Waals surface area contributed by atoms with E-state index in [9.17, 15) is 4.79 Å². The third-order valence-corrected chi connectivity index (χ3v) is 4.60. The molecule has 1 aliphatic carbocycles. The quantitative estimate of drug-likeness (QED) is 0.918. The van der Waals surface area contributed by atoms with Crippen molar-refractivity contribution >= 4 is 6.09 Å². The minimum Gasteiger partial charge on any atom is -0.444 e. The van der Waals surface area contributed by atoms with Gasteiger partial charge in [-0.1, -0.05) is 18.2 Å². The molecule has 0 aromatic heterocycles. The molecule has 0 bridgehead atoms. The topological polar surface area (TPSA) is 41.6 Å². The Morgan fingerprint density at radius 1 is 1.30 bits per heavy atom. The summed E-state index contributed by atoms with van der Waals surface area (Å²) >= 11 is 0. The highest BCUT2D eigenvalue weighted by molar-refractivity contribution is 5.69. The van der Waals surface area contributed by atoms with Crippen molar-refractivity contribution in [1.29, 1.82) is 0 Å². The van der Waals surface area contributed by atoms with E-state index in [1.54, 1.807) is 4.90 Å². The number of ether oxygens (including phenoxy) is 1. The summed E-state index contributed by atoms with van der Waals surface area (Å²) in [6, 6.07) is 7.15. The Morgan fingerprint density at radius 3 is 2.65 bits per heavy atom. The summed E-state index contributed by atoms with van der Waals surface area (Å²) in [4.78, 5) is 14.0. The molecule has 2 aliphatic rings. The van der Waals surface area contributed by atoms with Crippen LogP contribution in [0.3, 0.4) is 0 Å². The second-order valence-electron chi connectivity index (χ2n) is 7.95. The number of hydrogen-bond donors (Lipinski definition) is 1. The minimum atomic E-state index is -0.445. The number of hydrogen-bond acceptors (Lipinski definition) is 3. The molecular formula is C19H28N2O2. The number of carbonyl (C=O) groups excluding carboxylic acids is 1. The van der Waals surface area contributed by atoms with Gasteiger partial charge in [0.25, 0.3) is 0 Å². The van der Waals surface area contributed by atoms with Crippen molar-refractivity contribution < 1.29 is 9.53 Å². The summed E-state index contributed by atoms with van der Waals surface area (Å²) in [5.74, 6) is 0.868. The summed E-state index contributed by atoms with van der Waals surface area (Å²) in [5.41, 5.74) is 3.33. The van der Waals surface area contributed by atoms with Crippen molar-refractivity contribution in [2.45, 2.75) is 71.8 Å². The number of amides is 1. The highest BCUT2D eigenvalue weighted by Gasteiger charge is 2.29.